The van der Waals surface area contributed by atoms with Gasteiger partial charge in [-0.05, 0) is 45.4 Å². The Hall–Kier alpha value is -0.960. The summed E-state index contributed by atoms with van der Waals surface area (Å²) < 4.78 is 2.17. The van der Waals surface area contributed by atoms with E-state index in [1.54, 1.807) is 0 Å². The van der Waals surface area contributed by atoms with Crippen molar-refractivity contribution in [3.8, 4) is 0 Å². The van der Waals surface area contributed by atoms with Gasteiger partial charge in [0.15, 0.2) is 0 Å². The molecule has 1 atom stereocenters. The molecule has 2 rings (SSSR count). The van der Waals surface area contributed by atoms with E-state index in [1.165, 1.54) is 30.8 Å². The molecule has 0 amide bonds. The smallest absolute Gasteiger partial charge is 0.0467 e. The number of hydrogen-bond donors (Lipinski definition) is 2. The zero-order chi connectivity index (χ0) is 9.97. The third-order valence-corrected chi connectivity index (χ3v) is 2.93. The molecule has 0 radical (unpaired) electrons. The van der Waals surface area contributed by atoms with Crippen molar-refractivity contribution in [2.75, 3.05) is 18.5 Å². The fraction of sp³-hybridized carbons (Fsp3) is 0.636. The van der Waals surface area contributed by atoms with Crippen LogP contribution in [-0.4, -0.2) is 23.8 Å². The Morgan fingerprint density at radius 3 is 2.71 bits per heavy atom. The van der Waals surface area contributed by atoms with E-state index in [4.69, 9.17) is 0 Å². The van der Waals surface area contributed by atoms with Gasteiger partial charge in [-0.1, -0.05) is 0 Å². The minimum atomic E-state index is 0.649. The van der Waals surface area contributed by atoms with Crippen LogP contribution in [0.1, 0.15) is 24.2 Å². The summed E-state index contributed by atoms with van der Waals surface area (Å²) in [5.74, 6) is 0. The number of nitrogens with one attached hydrogen (secondary N) is 2. The molecule has 78 valence electrons. The minimum absolute atomic E-state index is 0.649. The molecule has 0 spiro atoms. The number of aromatic nitrogens is 1. The van der Waals surface area contributed by atoms with Gasteiger partial charge in [0.1, 0.15) is 0 Å². The van der Waals surface area contributed by atoms with E-state index in [2.05, 4.69) is 41.4 Å². The molecule has 2 heterocycles. The second kappa shape index (κ2) is 4.05. The quantitative estimate of drug-likeness (QED) is 0.760. The van der Waals surface area contributed by atoms with E-state index >= 15 is 0 Å². The molecule has 0 saturated carbocycles. The van der Waals surface area contributed by atoms with E-state index in [-0.39, 0.29) is 0 Å². The zero-order valence-electron chi connectivity index (χ0n) is 9.01. The van der Waals surface area contributed by atoms with Crippen LogP contribution in [0.2, 0.25) is 0 Å². The number of nitrogens with zero attached hydrogens (tertiary/aromatic N) is 1. The standard InChI is InChI=1S/C11H19N3/c1-9-5-6-10(2)14(9)13-8-11-4-3-7-12-11/h5-6,11-13H,3-4,7-8H2,1-2H3. The van der Waals surface area contributed by atoms with Crippen LogP contribution < -0.4 is 10.7 Å². The molecular weight excluding hydrogens is 174 g/mol. The van der Waals surface area contributed by atoms with Gasteiger partial charge >= 0.3 is 0 Å². The van der Waals surface area contributed by atoms with Crippen LogP contribution in [0, 0.1) is 13.8 Å². The Morgan fingerprint density at radius 1 is 1.43 bits per heavy atom. The number of hydrogen-bond acceptors (Lipinski definition) is 2. The normalized spacial score (nSPS) is 21.4. The molecule has 0 aliphatic carbocycles. The van der Waals surface area contributed by atoms with E-state index in [9.17, 15) is 0 Å². The maximum atomic E-state index is 3.48. The second-order valence-corrected chi connectivity index (χ2v) is 4.11. The van der Waals surface area contributed by atoms with Crippen LogP contribution in [0.4, 0.5) is 0 Å². The summed E-state index contributed by atoms with van der Waals surface area (Å²) in [6.45, 7) is 6.45. The Morgan fingerprint density at radius 2 is 2.14 bits per heavy atom. The van der Waals surface area contributed by atoms with Gasteiger partial charge in [0.2, 0.25) is 0 Å². The summed E-state index contributed by atoms with van der Waals surface area (Å²) in [7, 11) is 0. The van der Waals surface area contributed by atoms with Crippen LogP contribution >= 0.6 is 0 Å². The first-order valence-electron chi connectivity index (χ1n) is 5.39. The third-order valence-electron chi connectivity index (χ3n) is 2.93. The van der Waals surface area contributed by atoms with Gasteiger partial charge in [-0.2, -0.15) is 0 Å². The van der Waals surface area contributed by atoms with Crippen molar-refractivity contribution < 1.29 is 0 Å². The summed E-state index contributed by atoms with van der Waals surface area (Å²) in [5, 5.41) is 3.48. The summed E-state index contributed by atoms with van der Waals surface area (Å²) in [4.78, 5) is 0. The van der Waals surface area contributed by atoms with Gasteiger partial charge in [0.05, 0.1) is 0 Å². The van der Waals surface area contributed by atoms with Gasteiger partial charge in [0.25, 0.3) is 0 Å². The van der Waals surface area contributed by atoms with Gasteiger partial charge in [-0.25, -0.2) is 0 Å². The lowest BCUT2D eigenvalue weighted by atomic mass is 10.2. The monoisotopic (exact) mass is 193 g/mol. The lowest BCUT2D eigenvalue weighted by molar-refractivity contribution is 0.598. The first-order valence-corrected chi connectivity index (χ1v) is 5.39. The van der Waals surface area contributed by atoms with Crippen molar-refractivity contribution >= 4 is 0 Å². The topological polar surface area (TPSA) is 29.0 Å². The molecule has 3 nitrogen and oxygen atoms in total. The van der Waals surface area contributed by atoms with Crippen molar-refractivity contribution in [2.24, 2.45) is 0 Å². The highest BCUT2D eigenvalue weighted by Gasteiger charge is 2.13. The fourth-order valence-electron chi connectivity index (χ4n) is 2.05. The molecule has 1 aromatic rings. The van der Waals surface area contributed by atoms with Gasteiger partial charge in [-0.15, -0.1) is 0 Å². The van der Waals surface area contributed by atoms with E-state index in [0.29, 0.717) is 6.04 Å². The Labute approximate surface area is 85.5 Å². The van der Waals surface area contributed by atoms with Crippen molar-refractivity contribution in [1.82, 2.24) is 9.99 Å². The molecule has 1 aliphatic heterocycles. The van der Waals surface area contributed by atoms with Gasteiger partial charge in [-0.3, -0.25) is 4.68 Å². The maximum Gasteiger partial charge on any atom is 0.0467 e. The molecule has 0 aromatic carbocycles. The predicted octanol–water partition coefficient (Wildman–Crippen LogP) is 1.40. The minimum Gasteiger partial charge on any atom is -0.324 e. The highest BCUT2D eigenvalue weighted by molar-refractivity contribution is 5.15. The highest BCUT2D eigenvalue weighted by atomic mass is 15.4. The molecule has 1 fully saturated rings. The SMILES string of the molecule is Cc1ccc(C)n1NCC1CCCN1. The third kappa shape index (κ3) is 1.93. The molecule has 1 unspecified atom stereocenters. The van der Waals surface area contributed by atoms with Crippen LogP contribution in [0.25, 0.3) is 0 Å². The Balaban J connectivity index is 1.90. The van der Waals surface area contributed by atoms with E-state index < -0.39 is 0 Å². The number of rotatable bonds is 3. The molecule has 1 aliphatic rings. The molecule has 0 bridgehead atoms. The lowest BCUT2D eigenvalue weighted by Crippen LogP contribution is -2.33. The summed E-state index contributed by atoms with van der Waals surface area (Å²) in [6.07, 6.45) is 2.61. The van der Waals surface area contributed by atoms with Crippen LogP contribution in [0.15, 0.2) is 12.1 Å². The highest BCUT2D eigenvalue weighted by Crippen LogP contribution is 2.07. The van der Waals surface area contributed by atoms with E-state index in [0.717, 1.165) is 6.54 Å². The first-order chi connectivity index (χ1) is 6.77. The number of aryl methyl sites for hydroxylation is 2. The summed E-state index contributed by atoms with van der Waals surface area (Å²) in [5.41, 5.74) is 6.01. The molecule has 2 N–H and O–H groups in total. The fourth-order valence-corrected chi connectivity index (χ4v) is 2.05. The molecule has 14 heavy (non-hydrogen) atoms. The van der Waals surface area contributed by atoms with Crippen molar-refractivity contribution in [3.63, 3.8) is 0 Å². The van der Waals surface area contributed by atoms with Gasteiger partial charge in [0, 0.05) is 24.0 Å². The van der Waals surface area contributed by atoms with Gasteiger partial charge < -0.3 is 10.7 Å². The maximum absolute atomic E-state index is 3.48. The molecule has 1 aromatic heterocycles. The molecule has 3 heteroatoms. The summed E-state index contributed by atoms with van der Waals surface area (Å²) in [6, 6.07) is 4.94. The lowest BCUT2D eigenvalue weighted by Gasteiger charge is -2.16. The average molecular weight is 193 g/mol. The predicted molar refractivity (Wildman–Crippen MR) is 59.2 cm³/mol. The molecule has 1 saturated heterocycles. The average Bonchev–Trinajstić information content (AvgIpc) is 2.76. The van der Waals surface area contributed by atoms with Crippen molar-refractivity contribution in [2.45, 2.75) is 32.7 Å². The first kappa shape index (κ1) is 9.59. The second-order valence-electron chi connectivity index (χ2n) is 4.11. The van der Waals surface area contributed by atoms with Crippen LogP contribution in [0.3, 0.4) is 0 Å². The Kier molecular flexibility index (Phi) is 2.77. The Bertz CT molecular complexity index is 278. The largest absolute Gasteiger partial charge is 0.324 e. The van der Waals surface area contributed by atoms with Crippen molar-refractivity contribution in [1.29, 1.82) is 0 Å². The zero-order valence-corrected chi connectivity index (χ0v) is 9.01. The van der Waals surface area contributed by atoms with Crippen LogP contribution in [-0.2, 0) is 0 Å². The van der Waals surface area contributed by atoms with Crippen molar-refractivity contribution in [3.05, 3.63) is 23.5 Å². The summed E-state index contributed by atoms with van der Waals surface area (Å²) >= 11 is 0. The molecular formula is C11H19N3. The van der Waals surface area contributed by atoms with E-state index in [1.807, 2.05) is 0 Å². The van der Waals surface area contributed by atoms with Crippen LogP contribution in [0.5, 0.6) is 0 Å².